The molecule has 2 aromatic carbocycles. The second kappa shape index (κ2) is 13.0. The van der Waals surface area contributed by atoms with Crippen molar-refractivity contribution in [2.24, 2.45) is 33.5 Å². The highest BCUT2D eigenvalue weighted by Crippen LogP contribution is 2.78. The Balaban J connectivity index is 1.11. The van der Waals surface area contributed by atoms with Crippen molar-refractivity contribution in [3.05, 3.63) is 94.9 Å². The van der Waals surface area contributed by atoms with E-state index >= 15 is 4.79 Å². The van der Waals surface area contributed by atoms with Crippen LogP contribution in [0.2, 0.25) is 0 Å². The summed E-state index contributed by atoms with van der Waals surface area (Å²) in [5, 5.41) is 36.2. The zero-order chi connectivity index (χ0) is 35.6. The molecule has 9 atom stereocenters. The quantitative estimate of drug-likeness (QED) is 0.131. The summed E-state index contributed by atoms with van der Waals surface area (Å²) < 4.78 is 7.02. The summed E-state index contributed by atoms with van der Waals surface area (Å²) >= 11 is 1.58. The van der Waals surface area contributed by atoms with E-state index < -0.39 is 22.5 Å². The Kier molecular flexibility index (Phi) is 9.04. The van der Waals surface area contributed by atoms with Gasteiger partial charge in [0.1, 0.15) is 0 Å². The van der Waals surface area contributed by atoms with Gasteiger partial charge < -0.3 is 20.1 Å². The normalized spacial score (nSPS) is 37.2. The van der Waals surface area contributed by atoms with Crippen molar-refractivity contribution in [1.82, 2.24) is 4.90 Å². The molecule has 6 nitrogen and oxygen atoms in total. The number of hydrogen-bond donors (Lipinski definition) is 3. The molecule has 7 heteroatoms. The lowest BCUT2D eigenvalue weighted by molar-refractivity contribution is -0.177. The van der Waals surface area contributed by atoms with Crippen molar-refractivity contribution in [3.63, 3.8) is 0 Å². The van der Waals surface area contributed by atoms with E-state index in [0.29, 0.717) is 32.5 Å². The van der Waals surface area contributed by atoms with Gasteiger partial charge in [0.25, 0.3) is 0 Å². The maximum Gasteiger partial charge on any atom is 0.199 e. The van der Waals surface area contributed by atoms with Gasteiger partial charge in [-0.25, -0.2) is 0 Å². The fourth-order valence-electron chi connectivity index (χ4n) is 12.0. The first-order valence-electron chi connectivity index (χ1n) is 19.4. The molecular formula is C44H55NO5S. The molecule has 272 valence electrons. The molecule has 6 aliphatic rings. The molecule has 2 bridgehead atoms. The van der Waals surface area contributed by atoms with Crippen molar-refractivity contribution in [2.45, 2.75) is 96.6 Å². The minimum absolute atomic E-state index is 0.0644. The topological polar surface area (TPSA) is 90.2 Å². The molecule has 3 aromatic rings. The van der Waals surface area contributed by atoms with Gasteiger partial charge in [-0.05, 0) is 98.2 Å². The number of carbonyl (C=O) groups excluding carboxylic acids is 1. The highest BCUT2D eigenvalue weighted by atomic mass is 32.1. The summed E-state index contributed by atoms with van der Waals surface area (Å²) in [5.74, 6) is 0.480. The number of Topliss-reactive ketones (excluding diaryl/α,β-unsaturated/α-hetero) is 1. The number of aliphatic hydroxyl groups excluding tert-OH is 2. The van der Waals surface area contributed by atoms with Gasteiger partial charge in [-0.2, -0.15) is 0 Å². The lowest BCUT2D eigenvalue weighted by atomic mass is 9.32. The molecule has 51 heavy (non-hydrogen) atoms. The first-order valence-corrected chi connectivity index (χ1v) is 20.2. The molecule has 3 N–H and O–H groups in total. The Morgan fingerprint density at radius 1 is 0.980 bits per heavy atom. The number of aliphatic hydroxyl groups is 3. The third-order valence-electron chi connectivity index (χ3n) is 14.5. The van der Waals surface area contributed by atoms with Crippen LogP contribution < -0.4 is 0 Å². The second-order valence-corrected chi connectivity index (χ2v) is 18.3. The number of carbonyl (C=O) groups is 1. The number of fused-ring (bicyclic) bond motifs is 2. The highest BCUT2D eigenvalue weighted by Gasteiger charge is 2.74. The number of rotatable bonds is 12. The highest BCUT2D eigenvalue weighted by molar-refractivity contribution is 7.21. The van der Waals surface area contributed by atoms with E-state index in [4.69, 9.17) is 4.74 Å². The molecule has 0 amide bonds. The van der Waals surface area contributed by atoms with Crippen LogP contribution >= 0.6 is 11.3 Å². The van der Waals surface area contributed by atoms with E-state index in [-0.39, 0.29) is 41.2 Å². The monoisotopic (exact) mass is 709 g/mol. The SMILES string of the molecule is CCCN(CC(O)COCc1ccccc1)CC1(O)CCC2C34C=CC5(C=C3C(=O)c3cc6ccccc6s3)CC(O)CCC5(C)C4CCC21C. The maximum atomic E-state index is 15.0. The van der Waals surface area contributed by atoms with E-state index in [0.717, 1.165) is 71.2 Å². The average Bonchev–Trinajstić information content (AvgIpc) is 3.67. The largest absolute Gasteiger partial charge is 0.393 e. The molecule has 3 saturated carbocycles. The van der Waals surface area contributed by atoms with E-state index in [1.54, 1.807) is 11.3 Å². The number of thiophene rings is 1. The van der Waals surface area contributed by atoms with Crippen molar-refractivity contribution < 1.29 is 24.9 Å². The van der Waals surface area contributed by atoms with Gasteiger partial charge in [-0.3, -0.25) is 9.69 Å². The second-order valence-electron chi connectivity index (χ2n) is 17.2. The maximum absolute atomic E-state index is 15.0. The predicted octanol–water partition coefficient (Wildman–Crippen LogP) is 7.96. The molecular weight excluding hydrogens is 655 g/mol. The third kappa shape index (κ3) is 5.48. The number of nitrogens with zero attached hydrogens (tertiary/aromatic N) is 1. The van der Waals surface area contributed by atoms with Crippen molar-refractivity contribution in [3.8, 4) is 0 Å². The van der Waals surface area contributed by atoms with Gasteiger partial charge in [-0.1, -0.05) is 87.5 Å². The summed E-state index contributed by atoms with van der Waals surface area (Å²) in [6.45, 7) is 9.31. The lowest BCUT2D eigenvalue weighted by Crippen LogP contribution is -2.67. The van der Waals surface area contributed by atoms with Crippen molar-refractivity contribution >= 4 is 27.2 Å². The van der Waals surface area contributed by atoms with Crippen LogP contribution in [0.4, 0.5) is 0 Å². The average molecular weight is 710 g/mol. The fourth-order valence-corrected chi connectivity index (χ4v) is 13.0. The van der Waals surface area contributed by atoms with Crippen LogP contribution in [0.1, 0.15) is 87.4 Å². The van der Waals surface area contributed by atoms with Crippen LogP contribution in [0.15, 0.2) is 84.5 Å². The lowest BCUT2D eigenvalue weighted by Gasteiger charge is -2.71. The number of benzene rings is 2. The molecule has 1 heterocycles. The van der Waals surface area contributed by atoms with Crippen LogP contribution in [-0.4, -0.2) is 70.1 Å². The van der Waals surface area contributed by atoms with Crippen LogP contribution in [0.25, 0.3) is 10.1 Å². The fraction of sp³-hybridized carbons (Fsp3) is 0.568. The number of allylic oxidation sites excluding steroid dienone is 4. The summed E-state index contributed by atoms with van der Waals surface area (Å²) in [6.07, 6.45) is 12.7. The Bertz CT molecular complexity index is 1800. The van der Waals surface area contributed by atoms with Crippen LogP contribution in [0, 0.1) is 33.5 Å². The first kappa shape index (κ1) is 35.4. The summed E-state index contributed by atoms with van der Waals surface area (Å²) in [6, 6.07) is 20.3. The smallest absolute Gasteiger partial charge is 0.199 e. The molecule has 0 aliphatic heterocycles. The van der Waals surface area contributed by atoms with Gasteiger partial charge in [0.2, 0.25) is 0 Å². The van der Waals surface area contributed by atoms with E-state index in [1.807, 2.05) is 42.5 Å². The molecule has 0 saturated heterocycles. The van der Waals surface area contributed by atoms with Crippen molar-refractivity contribution in [2.75, 3.05) is 26.2 Å². The van der Waals surface area contributed by atoms with Crippen LogP contribution in [-0.2, 0) is 11.3 Å². The van der Waals surface area contributed by atoms with Crippen molar-refractivity contribution in [1.29, 1.82) is 0 Å². The van der Waals surface area contributed by atoms with E-state index in [9.17, 15) is 15.3 Å². The third-order valence-corrected chi connectivity index (χ3v) is 15.6. The van der Waals surface area contributed by atoms with Gasteiger partial charge >= 0.3 is 0 Å². The van der Waals surface area contributed by atoms with Gasteiger partial charge in [0, 0.05) is 39.6 Å². The van der Waals surface area contributed by atoms with Gasteiger partial charge in [-0.15, -0.1) is 11.3 Å². The molecule has 6 aliphatic carbocycles. The Morgan fingerprint density at radius 2 is 1.71 bits per heavy atom. The minimum Gasteiger partial charge on any atom is -0.393 e. The van der Waals surface area contributed by atoms with Gasteiger partial charge in [0.15, 0.2) is 5.78 Å². The Morgan fingerprint density at radius 3 is 2.49 bits per heavy atom. The zero-order valence-electron chi connectivity index (χ0n) is 30.5. The number of hydrogen-bond acceptors (Lipinski definition) is 7. The molecule has 9 rings (SSSR count). The Labute approximate surface area is 307 Å². The van der Waals surface area contributed by atoms with Crippen LogP contribution in [0.3, 0.4) is 0 Å². The van der Waals surface area contributed by atoms with E-state index in [2.05, 4.69) is 62.1 Å². The van der Waals surface area contributed by atoms with Crippen LogP contribution in [0.5, 0.6) is 0 Å². The van der Waals surface area contributed by atoms with Gasteiger partial charge in [0.05, 0.1) is 35.9 Å². The summed E-state index contributed by atoms with van der Waals surface area (Å²) in [5.41, 5.74) is -0.293. The number of ether oxygens (including phenoxy) is 1. The standard InChI is InChI=1S/C44H55NO5S/c1-4-22-45(26-33(47)28-50-27-30-10-6-5-7-11-30)29-43(49)19-16-38-41(43,3)18-15-37-40(2)17-14-32(46)24-42(40)20-21-44(37,38)34(25-42)39(48)36-23-31-12-8-9-13-35(31)51-36/h5-13,20-21,23,25,32-33,37-38,46-47,49H,4,14-19,22,24,26-29H2,1-3H3. The predicted molar refractivity (Wildman–Crippen MR) is 204 cm³/mol. The van der Waals surface area contributed by atoms with E-state index in [1.165, 1.54) is 0 Å². The first-order chi connectivity index (χ1) is 24.5. The Hall–Kier alpha value is -2.65. The molecule has 1 aromatic heterocycles. The molecule has 3 fully saturated rings. The summed E-state index contributed by atoms with van der Waals surface area (Å²) in [7, 11) is 0. The minimum atomic E-state index is -0.966. The zero-order valence-corrected chi connectivity index (χ0v) is 31.3. The molecule has 2 spiro atoms. The number of ketones is 1. The molecule has 0 radical (unpaired) electrons. The summed E-state index contributed by atoms with van der Waals surface area (Å²) in [4.78, 5) is 18.0. The molecule has 9 unspecified atom stereocenters.